The highest BCUT2D eigenvalue weighted by Crippen LogP contribution is 2.36. The van der Waals surface area contributed by atoms with Crippen LogP contribution in [0.5, 0.6) is 5.75 Å². The molecule has 1 aromatic carbocycles. The fourth-order valence-corrected chi connectivity index (χ4v) is 3.12. The molecule has 0 amide bonds. The van der Waals surface area contributed by atoms with Crippen molar-refractivity contribution in [2.75, 3.05) is 6.61 Å². The van der Waals surface area contributed by atoms with Crippen LogP contribution in [0.2, 0.25) is 0 Å². The second kappa shape index (κ2) is 6.28. The number of nitrogens with zero attached hydrogens (tertiary/aromatic N) is 2. The zero-order chi connectivity index (χ0) is 14.7. The number of nitrogens with one attached hydrogen (secondary N) is 1. The van der Waals surface area contributed by atoms with E-state index in [0.29, 0.717) is 5.92 Å². The maximum atomic E-state index is 5.84. The summed E-state index contributed by atoms with van der Waals surface area (Å²) in [6.07, 6.45) is 5.65. The number of rotatable bonds is 5. The number of hydrogen-bond acceptors (Lipinski definition) is 4. The molecule has 3 N–H and O–H groups in total. The Balaban J connectivity index is 1.84. The number of aromatic nitrogens is 2. The molecular weight excluding hydrogens is 264 g/mol. The fourth-order valence-electron chi connectivity index (χ4n) is 3.12. The summed E-state index contributed by atoms with van der Waals surface area (Å²) in [4.78, 5) is 4.46. The van der Waals surface area contributed by atoms with E-state index in [9.17, 15) is 0 Å². The molecule has 0 bridgehead atoms. The fraction of sp³-hybridized carbons (Fsp3) is 0.438. The van der Waals surface area contributed by atoms with Gasteiger partial charge in [-0.1, -0.05) is 18.2 Å². The molecule has 2 atom stereocenters. The van der Waals surface area contributed by atoms with E-state index in [1.54, 1.807) is 0 Å². The molecule has 1 aromatic heterocycles. The third-order valence-electron chi connectivity index (χ3n) is 4.25. The zero-order valence-corrected chi connectivity index (χ0v) is 12.3. The quantitative estimate of drug-likeness (QED) is 0.650. The van der Waals surface area contributed by atoms with Crippen molar-refractivity contribution in [3.8, 4) is 5.75 Å². The standard InChI is InChI=1S/C16H22N4O/c1-2-20-9-8-18-16(20)11-14(19-17)12-7-10-21-15-6-4-3-5-13(12)15/h3-6,8-9,12,14,19H,2,7,10-11,17H2,1H3. The van der Waals surface area contributed by atoms with E-state index in [4.69, 9.17) is 10.6 Å². The molecule has 0 fully saturated rings. The van der Waals surface area contributed by atoms with Crippen LogP contribution < -0.4 is 16.0 Å². The number of imidazole rings is 1. The van der Waals surface area contributed by atoms with Gasteiger partial charge >= 0.3 is 0 Å². The van der Waals surface area contributed by atoms with Crippen molar-refractivity contribution in [1.82, 2.24) is 15.0 Å². The molecule has 1 aliphatic rings. The summed E-state index contributed by atoms with van der Waals surface area (Å²) in [7, 11) is 0. The van der Waals surface area contributed by atoms with Crippen LogP contribution in [0.15, 0.2) is 36.7 Å². The highest BCUT2D eigenvalue weighted by atomic mass is 16.5. The van der Waals surface area contributed by atoms with E-state index in [1.165, 1.54) is 5.56 Å². The number of benzene rings is 1. The van der Waals surface area contributed by atoms with Gasteiger partial charge in [0.25, 0.3) is 0 Å². The van der Waals surface area contributed by atoms with Gasteiger partial charge in [0.1, 0.15) is 11.6 Å². The van der Waals surface area contributed by atoms with Gasteiger partial charge in [-0.25, -0.2) is 4.98 Å². The number of para-hydroxylation sites is 1. The first-order chi connectivity index (χ1) is 10.3. The number of ether oxygens (including phenoxy) is 1. The average Bonchev–Trinajstić information content (AvgIpc) is 2.99. The summed E-state index contributed by atoms with van der Waals surface area (Å²) >= 11 is 0. The highest BCUT2D eigenvalue weighted by molar-refractivity contribution is 5.38. The Morgan fingerprint density at radius 2 is 2.33 bits per heavy atom. The Morgan fingerprint density at radius 3 is 3.14 bits per heavy atom. The molecule has 2 heterocycles. The van der Waals surface area contributed by atoms with Crippen LogP contribution in [0.4, 0.5) is 0 Å². The molecule has 0 aliphatic carbocycles. The Bertz CT molecular complexity index is 595. The van der Waals surface area contributed by atoms with Crippen LogP contribution in [-0.2, 0) is 13.0 Å². The Morgan fingerprint density at radius 1 is 1.48 bits per heavy atom. The van der Waals surface area contributed by atoms with E-state index in [1.807, 2.05) is 24.5 Å². The molecule has 5 nitrogen and oxygen atoms in total. The summed E-state index contributed by atoms with van der Waals surface area (Å²) < 4.78 is 7.90. The Labute approximate surface area is 125 Å². The minimum Gasteiger partial charge on any atom is -0.493 e. The summed E-state index contributed by atoms with van der Waals surface area (Å²) in [6.45, 7) is 3.79. The Kier molecular flexibility index (Phi) is 4.22. The monoisotopic (exact) mass is 286 g/mol. The lowest BCUT2D eigenvalue weighted by atomic mass is 9.85. The Hall–Kier alpha value is -1.85. The molecule has 5 heteroatoms. The van der Waals surface area contributed by atoms with Crippen LogP contribution in [0.3, 0.4) is 0 Å². The first-order valence-electron chi connectivity index (χ1n) is 7.51. The van der Waals surface area contributed by atoms with Crippen molar-refractivity contribution in [1.29, 1.82) is 0 Å². The summed E-state index contributed by atoms with van der Waals surface area (Å²) in [6, 6.07) is 8.39. The molecule has 2 unspecified atom stereocenters. The molecule has 1 aliphatic heterocycles. The van der Waals surface area contributed by atoms with Crippen LogP contribution in [0.25, 0.3) is 0 Å². The van der Waals surface area contributed by atoms with Gasteiger partial charge < -0.3 is 9.30 Å². The number of hydrogen-bond donors (Lipinski definition) is 2. The molecule has 0 saturated carbocycles. The van der Waals surface area contributed by atoms with Crippen molar-refractivity contribution in [2.24, 2.45) is 5.84 Å². The van der Waals surface area contributed by atoms with Gasteiger partial charge in [-0.05, 0) is 25.0 Å². The molecule has 112 valence electrons. The van der Waals surface area contributed by atoms with Gasteiger partial charge in [-0.3, -0.25) is 11.3 Å². The van der Waals surface area contributed by atoms with Crippen molar-refractivity contribution < 1.29 is 4.74 Å². The predicted molar refractivity (Wildman–Crippen MR) is 82.0 cm³/mol. The third-order valence-corrected chi connectivity index (χ3v) is 4.25. The first-order valence-corrected chi connectivity index (χ1v) is 7.51. The number of aryl methyl sites for hydroxylation is 1. The van der Waals surface area contributed by atoms with Gasteiger partial charge in [0, 0.05) is 37.3 Å². The van der Waals surface area contributed by atoms with Gasteiger partial charge in [-0.2, -0.15) is 0 Å². The molecule has 21 heavy (non-hydrogen) atoms. The average molecular weight is 286 g/mol. The number of hydrazine groups is 1. The maximum absolute atomic E-state index is 5.84. The van der Waals surface area contributed by atoms with E-state index in [0.717, 1.165) is 37.6 Å². The first kappa shape index (κ1) is 14.1. The predicted octanol–water partition coefficient (Wildman–Crippen LogP) is 1.84. The van der Waals surface area contributed by atoms with Gasteiger partial charge in [0.05, 0.1) is 6.61 Å². The van der Waals surface area contributed by atoms with Crippen molar-refractivity contribution in [3.63, 3.8) is 0 Å². The minimum atomic E-state index is 0.155. The van der Waals surface area contributed by atoms with Crippen molar-refractivity contribution in [3.05, 3.63) is 48.0 Å². The zero-order valence-electron chi connectivity index (χ0n) is 12.3. The van der Waals surface area contributed by atoms with Gasteiger partial charge in [0.15, 0.2) is 0 Å². The van der Waals surface area contributed by atoms with Gasteiger partial charge in [-0.15, -0.1) is 0 Å². The van der Waals surface area contributed by atoms with E-state index >= 15 is 0 Å². The molecule has 0 radical (unpaired) electrons. The van der Waals surface area contributed by atoms with Gasteiger partial charge in [0.2, 0.25) is 0 Å². The second-order valence-corrected chi connectivity index (χ2v) is 5.39. The molecule has 2 aromatic rings. The molecule has 0 saturated heterocycles. The van der Waals surface area contributed by atoms with E-state index in [-0.39, 0.29) is 6.04 Å². The summed E-state index contributed by atoms with van der Waals surface area (Å²) in [5, 5.41) is 0. The maximum Gasteiger partial charge on any atom is 0.122 e. The molecule has 0 spiro atoms. The van der Waals surface area contributed by atoms with Crippen molar-refractivity contribution in [2.45, 2.75) is 38.3 Å². The SMILES string of the molecule is CCn1ccnc1CC(NN)C1CCOc2ccccc21. The minimum absolute atomic E-state index is 0.155. The third kappa shape index (κ3) is 2.80. The lowest BCUT2D eigenvalue weighted by Gasteiger charge is -2.32. The smallest absolute Gasteiger partial charge is 0.122 e. The lowest BCUT2D eigenvalue weighted by molar-refractivity contribution is 0.243. The van der Waals surface area contributed by atoms with Crippen LogP contribution >= 0.6 is 0 Å². The van der Waals surface area contributed by atoms with Crippen molar-refractivity contribution >= 4 is 0 Å². The summed E-state index contributed by atoms with van der Waals surface area (Å²) in [5.41, 5.74) is 4.23. The van der Waals surface area contributed by atoms with E-state index < -0.39 is 0 Å². The second-order valence-electron chi connectivity index (χ2n) is 5.39. The topological polar surface area (TPSA) is 65.1 Å². The normalized spacial score (nSPS) is 18.9. The lowest BCUT2D eigenvalue weighted by Crippen LogP contribution is -2.43. The molecular formula is C16H22N4O. The molecule has 3 rings (SSSR count). The van der Waals surface area contributed by atoms with Crippen LogP contribution in [-0.4, -0.2) is 22.2 Å². The number of nitrogens with two attached hydrogens (primary N) is 1. The van der Waals surface area contributed by atoms with Crippen LogP contribution in [0.1, 0.15) is 30.7 Å². The van der Waals surface area contributed by atoms with Crippen LogP contribution in [0, 0.1) is 0 Å². The summed E-state index contributed by atoms with van der Waals surface area (Å²) in [5.74, 6) is 8.24. The van der Waals surface area contributed by atoms with E-state index in [2.05, 4.69) is 34.0 Å². The largest absolute Gasteiger partial charge is 0.493 e. The number of fused-ring (bicyclic) bond motifs is 1. The highest BCUT2D eigenvalue weighted by Gasteiger charge is 2.29.